The molecule has 2 spiro atoms. The number of hydrogen-bond donors (Lipinski definition) is 0. The molecular formula is C86H52N2O3S. The van der Waals surface area contributed by atoms with Crippen molar-refractivity contribution in [2.24, 2.45) is 0 Å². The molecule has 4 heterocycles. The van der Waals surface area contributed by atoms with E-state index in [2.05, 4.69) is 319 Å². The van der Waals surface area contributed by atoms with Gasteiger partial charge in [-0.2, -0.15) is 0 Å². The van der Waals surface area contributed by atoms with E-state index in [0.29, 0.717) is 0 Å². The lowest BCUT2D eigenvalue weighted by atomic mass is 9.66. The summed E-state index contributed by atoms with van der Waals surface area (Å²) in [6, 6.07) is 115. The molecule has 0 amide bonds. The van der Waals surface area contributed by atoms with Crippen molar-refractivity contribution in [2.75, 3.05) is 9.80 Å². The maximum Gasteiger partial charge on any atom is 0.156 e. The Morgan fingerprint density at radius 3 is 1.48 bits per heavy atom. The molecule has 0 atom stereocenters. The Morgan fingerprint density at radius 1 is 0.272 bits per heavy atom. The highest BCUT2D eigenvalue weighted by atomic mass is 32.1. The zero-order valence-electron chi connectivity index (χ0n) is 49.5. The molecule has 2 aliphatic carbocycles. The van der Waals surface area contributed by atoms with Crippen molar-refractivity contribution in [3.8, 4) is 56.4 Å². The van der Waals surface area contributed by atoms with Gasteiger partial charge in [0.15, 0.2) is 5.75 Å². The number of furan rings is 1. The number of thiophene rings is 1. The van der Waals surface area contributed by atoms with Crippen molar-refractivity contribution in [2.45, 2.75) is 10.8 Å². The molecule has 0 unspecified atom stereocenters. The molecule has 14 aromatic carbocycles. The normalized spacial score (nSPS) is 13.8. The van der Waals surface area contributed by atoms with Gasteiger partial charge in [0.1, 0.15) is 28.4 Å². The lowest BCUT2D eigenvalue weighted by molar-refractivity contribution is 0.436. The first-order valence-electron chi connectivity index (χ1n) is 31.5. The second-order valence-corrected chi connectivity index (χ2v) is 25.6. The van der Waals surface area contributed by atoms with E-state index in [-0.39, 0.29) is 0 Å². The van der Waals surface area contributed by atoms with Crippen LogP contribution in [0.2, 0.25) is 0 Å². The standard InChI is InChI=1S/C86H52N2O3S/c1-2-22-55(23-3-1)87(56-45-47-77-65(52-56)63-28-8-16-39-76(63)89-77)57-48-54(53-44-46-80-73(50-53)86(70-34-14-17-40-78(70)90-80)68-32-12-6-26-61(68)62-27-7-13-33-69(62)86)49-58(51-57)88(74-37-21-43-82-83(74)64-29-9-19-42-81(64)92-82)75-38-20-36-72-84(75)91-79-41-18-15-35-71(79)85(72)66-30-10-4-24-59(66)60-25-5-11-31-67(60)85/h1-52H. The quantitative estimate of drug-likeness (QED) is 0.159. The number of para-hydroxylation sites is 5. The fourth-order valence-electron chi connectivity index (χ4n) is 16.3. The summed E-state index contributed by atoms with van der Waals surface area (Å²) in [5.41, 5.74) is 22.5. The molecule has 0 saturated carbocycles. The Balaban J connectivity index is 0.902. The molecule has 430 valence electrons. The lowest BCUT2D eigenvalue weighted by Gasteiger charge is -2.41. The number of nitrogens with zero attached hydrogens (tertiary/aromatic N) is 2. The van der Waals surface area contributed by atoms with Crippen molar-refractivity contribution >= 4 is 87.6 Å². The number of ether oxygens (including phenoxy) is 2. The summed E-state index contributed by atoms with van der Waals surface area (Å²) >= 11 is 1.83. The van der Waals surface area contributed by atoms with Crippen molar-refractivity contribution in [3.63, 3.8) is 0 Å². The molecule has 16 aromatic rings. The zero-order valence-corrected chi connectivity index (χ0v) is 50.4. The van der Waals surface area contributed by atoms with Gasteiger partial charge < -0.3 is 23.7 Å². The van der Waals surface area contributed by atoms with Crippen LogP contribution in [0.15, 0.2) is 320 Å². The first-order chi connectivity index (χ1) is 45.6. The minimum absolute atomic E-state index is 0.682. The average Bonchev–Trinajstić information content (AvgIpc) is 1.46. The van der Waals surface area contributed by atoms with E-state index >= 15 is 0 Å². The topological polar surface area (TPSA) is 38.1 Å². The van der Waals surface area contributed by atoms with Crippen LogP contribution in [0.4, 0.5) is 34.1 Å². The van der Waals surface area contributed by atoms with Gasteiger partial charge in [-0.05, 0) is 159 Å². The Kier molecular flexibility index (Phi) is 10.8. The van der Waals surface area contributed by atoms with Crippen LogP contribution in [0.25, 0.3) is 75.5 Å². The Labute approximate surface area is 535 Å². The summed E-state index contributed by atoms with van der Waals surface area (Å²) in [5, 5.41) is 4.47. The van der Waals surface area contributed by atoms with E-state index < -0.39 is 10.8 Å². The van der Waals surface area contributed by atoms with E-state index in [1.807, 2.05) is 17.4 Å². The Bertz CT molecular complexity index is 5690. The monoisotopic (exact) mass is 1190 g/mol. The van der Waals surface area contributed by atoms with E-state index in [1.54, 1.807) is 0 Å². The summed E-state index contributed by atoms with van der Waals surface area (Å²) in [6.45, 7) is 0. The smallest absolute Gasteiger partial charge is 0.156 e. The summed E-state index contributed by atoms with van der Waals surface area (Å²) < 4.78 is 23.7. The third kappa shape index (κ3) is 7.01. The Morgan fingerprint density at radius 2 is 0.783 bits per heavy atom. The highest BCUT2D eigenvalue weighted by Gasteiger charge is 2.53. The van der Waals surface area contributed by atoms with Gasteiger partial charge >= 0.3 is 0 Å². The third-order valence-electron chi connectivity index (χ3n) is 19.9. The second kappa shape index (κ2) is 19.4. The number of benzene rings is 14. The van der Waals surface area contributed by atoms with E-state index in [4.69, 9.17) is 13.9 Å². The van der Waals surface area contributed by atoms with Gasteiger partial charge in [0.25, 0.3) is 0 Å². The molecule has 20 rings (SSSR count). The van der Waals surface area contributed by atoms with Crippen molar-refractivity contribution < 1.29 is 13.9 Å². The fourth-order valence-corrected chi connectivity index (χ4v) is 17.4. The van der Waals surface area contributed by atoms with Crippen LogP contribution in [-0.4, -0.2) is 0 Å². The SMILES string of the molecule is c1ccc(N(c2cc(-c3ccc4c(c3)C3(c5ccccc5O4)c4ccccc4-c4ccccc43)cc(N(c3cccc4c3Oc3ccccc3C43c4ccccc4-c4ccccc43)c3cccc4sc5ccccc5c34)c2)c2ccc3oc4ccccc4c3c2)cc1. The lowest BCUT2D eigenvalue weighted by Crippen LogP contribution is -2.32. The van der Waals surface area contributed by atoms with Crippen LogP contribution in [0.1, 0.15) is 44.5 Å². The first kappa shape index (κ1) is 51.2. The number of anilines is 6. The zero-order chi connectivity index (χ0) is 60.2. The maximum absolute atomic E-state index is 7.66. The van der Waals surface area contributed by atoms with Crippen molar-refractivity contribution in [3.05, 3.63) is 360 Å². The van der Waals surface area contributed by atoms with Crippen LogP contribution in [0.5, 0.6) is 23.0 Å². The number of rotatable bonds is 7. The van der Waals surface area contributed by atoms with E-state index in [9.17, 15) is 0 Å². The minimum atomic E-state index is -0.704. The van der Waals surface area contributed by atoms with Gasteiger partial charge in [-0.3, -0.25) is 0 Å². The van der Waals surface area contributed by atoms with Gasteiger partial charge in [-0.1, -0.05) is 212 Å². The Hall–Kier alpha value is -11.7. The van der Waals surface area contributed by atoms with Crippen LogP contribution in [-0.2, 0) is 10.8 Å². The van der Waals surface area contributed by atoms with E-state index in [0.717, 1.165) is 112 Å². The molecule has 2 aromatic heterocycles. The molecule has 0 radical (unpaired) electrons. The van der Waals surface area contributed by atoms with Gasteiger partial charge in [0.05, 0.1) is 22.2 Å². The van der Waals surface area contributed by atoms with Crippen LogP contribution < -0.4 is 19.3 Å². The number of hydrogen-bond acceptors (Lipinski definition) is 6. The minimum Gasteiger partial charge on any atom is -0.457 e. The number of fused-ring (bicyclic) bond motifs is 24. The second-order valence-electron chi connectivity index (χ2n) is 24.5. The summed E-state index contributed by atoms with van der Waals surface area (Å²) in [4.78, 5) is 4.91. The van der Waals surface area contributed by atoms with Crippen LogP contribution in [0.3, 0.4) is 0 Å². The largest absolute Gasteiger partial charge is 0.457 e. The van der Waals surface area contributed by atoms with Gasteiger partial charge in [-0.15, -0.1) is 11.3 Å². The fraction of sp³-hybridized carbons (Fsp3) is 0.0233. The molecule has 0 saturated heterocycles. The van der Waals surface area contributed by atoms with Crippen molar-refractivity contribution in [1.82, 2.24) is 0 Å². The molecular weight excluding hydrogens is 1140 g/mol. The highest BCUT2D eigenvalue weighted by molar-refractivity contribution is 7.26. The molecule has 92 heavy (non-hydrogen) atoms. The predicted molar refractivity (Wildman–Crippen MR) is 376 cm³/mol. The predicted octanol–water partition coefficient (Wildman–Crippen LogP) is 23.5. The maximum atomic E-state index is 7.66. The third-order valence-corrected chi connectivity index (χ3v) is 21.1. The molecule has 6 heteroatoms. The van der Waals surface area contributed by atoms with Crippen molar-refractivity contribution in [1.29, 1.82) is 0 Å². The summed E-state index contributed by atoms with van der Waals surface area (Å²) in [5.74, 6) is 3.31. The van der Waals surface area contributed by atoms with E-state index in [1.165, 1.54) is 64.7 Å². The first-order valence-corrected chi connectivity index (χ1v) is 32.3. The highest BCUT2D eigenvalue weighted by Crippen LogP contribution is 2.66. The molecule has 0 fully saturated rings. The van der Waals surface area contributed by atoms with Gasteiger partial charge in [-0.25, -0.2) is 0 Å². The summed E-state index contributed by atoms with van der Waals surface area (Å²) in [6.07, 6.45) is 0. The molecule has 5 nitrogen and oxygen atoms in total. The van der Waals surface area contributed by atoms with Gasteiger partial charge in [0, 0.05) is 75.9 Å². The average molecular weight is 1190 g/mol. The summed E-state index contributed by atoms with van der Waals surface area (Å²) in [7, 11) is 0. The van der Waals surface area contributed by atoms with Gasteiger partial charge in [0.2, 0.25) is 0 Å². The van der Waals surface area contributed by atoms with Crippen LogP contribution >= 0.6 is 11.3 Å². The molecule has 2 aliphatic heterocycles. The molecule has 4 aliphatic rings. The molecule has 0 N–H and O–H groups in total. The van der Waals surface area contributed by atoms with Crippen LogP contribution in [0, 0.1) is 0 Å². The molecule has 0 bridgehead atoms.